The molecule has 3 aromatic rings. The van der Waals surface area contributed by atoms with Crippen molar-refractivity contribution >= 4 is 44.8 Å². The molecular weight excluding hydrogens is 443 g/mol. The standard InChI is InChI=1S/C22H20Cl2N2O3S/c23-18-13-19(24)15-20(14-18)26(30(28,29)21-9-5-2-6-10-21)16-22(27)25-12-11-17-7-3-1-4-8-17/h1-10,13-15H,11-12,16H2,(H,25,27). The number of nitrogens with zero attached hydrogens (tertiary/aromatic N) is 1. The fourth-order valence-corrected chi connectivity index (χ4v) is 4.84. The Bertz CT molecular complexity index is 1090. The van der Waals surface area contributed by atoms with E-state index in [9.17, 15) is 13.2 Å². The summed E-state index contributed by atoms with van der Waals surface area (Å²) in [6, 6.07) is 22.0. The maximum Gasteiger partial charge on any atom is 0.264 e. The fourth-order valence-electron chi connectivity index (χ4n) is 2.90. The monoisotopic (exact) mass is 462 g/mol. The Labute approximate surface area is 186 Å². The van der Waals surface area contributed by atoms with Gasteiger partial charge in [-0.15, -0.1) is 0 Å². The first-order chi connectivity index (χ1) is 14.4. The van der Waals surface area contributed by atoms with Crippen molar-refractivity contribution in [3.8, 4) is 0 Å². The number of sulfonamides is 1. The maximum absolute atomic E-state index is 13.2. The van der Waals surface area contributed by atoms with Gasteiger partial charge < -0.3 is 5.32 Å². The van der Waals surface area contributed by atoms with E-state index in [0.717, 1.165) is 9.87 Å². The summed E-state index contributed by atoms with van der Waals surface area (Å²) in [5, 5.41) is 3.32. The third-order valence-corrected chi connectivity index (χ3v) is 6.56. The van der Waals surface area contributed by atoms with Gasteiger partial charge in [-0.3, -0.25) is 9.10 Å². The van der Waals surface area contributed by atoms with Crippen LogP contribution >= 0.6 is 23.2 Å². The predicted molar refractivity (Wildman–Crippen MR) is 121 cm³/mol. The number of halogens is 2. The van der Waals surface area contributed by atoms with Crippen LogP contribution in [0.25, 0.3) is 0 Å². The molecule has 1 amide bonds. The summed E-state index contributed by atoms with van der Waals surface area (Å²) in [7, 11) is -4.00. The minimum absolute atomic E-state index is 0.0678. The quantitative estimate of drug-likeness (QED) is 0.533. The number of nitrogens with one attached hydrogen (secondary N) is 1. The number of carbonyl (C=O) groups excluding carboxylic acids is 1. The Morgan fingerprint density at radius 2 is 1.43 bits per heavy atom. The van der Waals surface area contributed by atoms with Gasteiger partial charge in [-0.1, -0.05) is 71.7 Å². The first kappa shape index (κ1) is 22.2. The Morgan fingerprint density at radius 3 is 2.03 bits per heavy atom. The van der Waals surface area contributed by atoms with Gasteiger partial charge in [0.05, 0.1) is 10.6 Å². The van der Waals surface area contributed by atoms with Crippen LogP contribution in [0.4, 0.5) is 5.69 Å². The van der Waals surface area contributed by atoms with Crippen LogP contribution in [0, 0.1) is 0 Å². The average Bonchev–Trinajstić information content (AvgIpc) is 2.72. The summed E-state index contributed by atoms with van der Waals surface area (Å²) in [4.78, 5) is 12.6. The Balaban J connectivity index is 1.81. The number of amides is 1. The molecule has 0 aliphatic heterocycles. The fraction of sp³-hybridized carbons (Fsp3) is 0.136. The van der Waals surface area contributed by atoms with E-state index in [-0.39, 0.29) is 20.6 Å². The van der Waals surface area contributed by atoms with Gasteiger partial charge >= 0.3 is 0 Å². The Kier molecular flexibility index (Phi) is 7.37. The second-order valence-corrected chi connectivity index (χ2v) is 9.27. The zero-order valence-electron chi connectivity index (χ0n) is 16.0. The minimum Gasteiger partial charge on any atom is -0.354 e. The number of anilines is 1. The summed E-state index contributed by atoms with van der Waals surface area (Å²) >= 11 is 12.1. The van der Waals surface area contributed by atoms with E-state index in [2.05, 4.69) is 5.32 Å². The van der Waals surface area contributed by atoms with Crippen molar-refractivity contribution in [3.63, 3.8) is 0 Å². The van der Waals surface area contributed by atoms with Gasteiger partial charge in [0.1, 0.15) is 6.54 Å². The molecule has 8 heteroatoms. The van der Waals surface area contributed by atoms with Crippen LogP contribution in [-0.2, 0) is 21.2 Å². The highest BCUT2D eigenvalue weighted by Crippen LogP contribution is 2.29. The van der Waals surface area contributed by atoms with Crippen molar-refractivity contribution in [1.82, 2.24) is 5.32 Å². The highest BCUT2D eigenvalue weighted by molar-refractivity contribution is 7.92. The average molecular weight is 463 g/mol. The molecule has 30 heavy (non-hydrogen) atoms. The van der Waals surface area contributed by atoms with E-state index in [4.69, 9.17) is 23.2 Å². The summed E-state index contributed by atoms with van der Waals surface area (Å²) in [6.45, 7) is -0.0128. The van der Waals surface area contributed by atoms with Crippen molar-refractivity contribution < 1.29 is 13.2 Å². The zero-order valence-corrected chi connectivity index (χ0v) is 18.3. The van der Waals surface area contributed by atoms with Crippen LogP contribution in [0.3, 0.4) is 0 Å². The lowest BCUT2D eigenvalue weighted by Gasteiger charge is -2.24. The van der Waals surface area contributed by atoms with E-state index < -0.39 is 22.5 Å². The molecular formula is C22H20Cl2N2O3S. The van der Waals surface area contributed by atoms with Gasteiger partial charge in [0.2, 0.25) is 5.91 Å². The van der Waals surface area contributed by atoms with Gasteiger partial charge in [-0.25, -0.2) is 8.42 Å². The van der Waals surface area contributed by atoms with Crippen LogP contribution in [0.2, 0.25) is 10.0 Å². The number of hydrogen-bond donors (Lipinski definition) is 1. The van der Waals surface area contributed by atoms with Crippen LogP contribution < -0.4 is 9.62 Å². The van der Waals surface area contributed by atoms with Crippen LogP contribution in [0.5, 0.6) is 0 Å². The number of carbonyl (C=O) groups is 1. The predicted octanol–water partition coefficient (Wildman–Crippen LogP) is 4.55. The molecule has 3 aromatic carbocycles. The molecule has 1 N–H and O–H groups in total. The number of benzene rings is 3. The lowest BCUT2D eigenvalue weighted by atomic mass is 10.1. The highest BCUT2D eigenvalue weighted by Gasteiger charge is 2.27. The maximum atomic E-state index is 13.2. The van der Waals surface area contributed by atoms with Crippen molar-refractivity contribution in [3.05, 3.63) is 94.5 Å². The van der Waals surface area contributed by atoms with Crippen molar-refractivity contribution in [2.45, 2.75) is 11.3 Å². The van der Waals surface area contributed by atoms with E-state index in [1.54, 1.807) is 18.2 Å². The Morgan fingerprint density at radius 1 is 0.867 bits per heavy atom. The molecule has 3 rings (SSSR count). The van der Waals surface area contributed by atoms with Gasteiger partial charge in [0.25, 0.3) is 10.0 Å². The molecule has 0 heterocycles. The van der Waals surface area contributed by atoms with Gasteiger partial charge in [0, 0.05) is 16.6 Å². The molecule has 5 nitrogen and oxygen atoms in total. The Hall–Kier alpha value is -2.54. The van der Waals surface area contributed by atoms with E-state index >= 15 is 0 Å². The molecule has 0 saturated carbocycles. The van der Waals surface area contributed by atoms with Crippen LogP contribution in [0.1, 0.15) is 5.56 Å². The van der Waals surface area contributed by atoms with Crippen molar-refractivity contribution in [2.75, 3.05) is 17.4 Å². The smallest absolute Gasteiger partial charge is 0.264 e. The van der Waals surface area contributed by atoms with E-state index in [0.29, 0.717) is 13.0 Å². The minimum atomic E-state index is -4.00. The van der Waals surface area contributed by atoms with Gasteiger partial charge in [0.15, 0.2) is 0 Å². The van der Waals surface area contributed by atoms with Gasteiger partial charge in [-0.05, 0) is 42.3 Å². The third kappa shape index (κ3) is 5.75. The SMILES string of the molecule is O=C(CN(c1cc(Cl)cc(Cl)c1)S(=O)(=O)c1ccccc1)NCCc1ccccc1. The highest BCUT2D eigenvalue weighted by atomic mass is 35.5. The second kappa shape index (κ2) is 9.98. The molecule has 0 radical (unpaired) electrons. The molecule has 0 aliphatic rings. The second-order valence-electron chi connectivity index (χ2n) is 6.54. The van der Waals surface area contributed by atoms with E-state index in [1.165, 1.54) is 30.3 Å². The number of rotatable bonds is 8. The lowest BCUT2D eigenvalue weighted by molar-refractivity contribution is -0.119. The third-order valence-electron chi connectivity index (χ3n) is 4.33. The summed E-state index contributed by atoms with van der Waals surface area (Å²) in [5.74, 6) is -0.429. The first-order valence-electron chi connectivity index (χ1n) is 9.21. The normalized spacial score (nSPS) is 11.1. The summed E-state index contributed by atoms with van der Waals surface area (Å²) in [5.41, 5.74) is 1.29. The van der Waals surface area contributed by atoms with Crippen molar-refractivity contribution in [1.29, 1.82) is 0 Å². The number of hydrogen-bond acceptors (Lipinski definition) is 3. The molecule has 0 aliphatic carbocycles. The van der Waals surface area contributed by atoms with Crippen LogP contribution in [-0.4, -0.2) is 27.4 Å². The topological polar surface area (TPSA) is 66.5 Å². The van der Waals surface area contributed by atoms with E-state index in [1.807, 2.05) is 30.3 Å². The molecule has 0 aromatic heterocycles. The summed E-state index contributed by atoms with van der Waals surface area (Å²) in [6.07, 6.45) is 0.640. The van der Waals surface area contributed by atoms with Crippen molar-refractivity contribution in [2.24, 2.45) is 0 Å². The molecule has 0 unspecified atom stereocenters. The molecule has 0 saturated heterocycles. The molecule has 0 bridgehead atoms. The molecule has 0 fully saturated rings. The zero-order chi connectivity index (χ0) is 21.6. The van der Waals surface area contributed by atoms with Crippen LogP contribution in [0.15, 0.2) is 83.8 Å². The first-order valence-corrected chi connectivity index (χ1v) is 11.4. The largest absolute Gasteiger partial charge is 0.354 e. The molecule has 0 atom stereocenters. The lowest BCUT2D eigenvalue weighted by Crippen LogP contribution is -2.41. The molecule has 156 valence electrons. The summed E-state index contributed by atoms with van der Waals surface area (Å²) < 4.78 is 27.5. The van der Waals surface area contributed by atoms with Gasteiger partial charge in [-0.2, -0.15) is 0 Å². The molecule has 0 spiro atoms.